The van der Waals surface area contributed by atoms with Gasteiger partial charge in [0.1, 0.15) is 18.1 Å². The number of ether oxygens (including phenoxy) is 2. The first-order valence-electron chi connectivity index (χ1n) is 14.7. The highest BCUT2D eigenvalue weighted by Crippen LogP contribution is 2.50. The molecule has 0 unspecified atom stereocenters. The summed E-state index contributed by atoms with van der Waals surface area (Å²) in [6, 6.07) is 20.6. The molecule has 3 aliphatic rings. The van der Waals surface area contributed by atoms with Gasteiger partial charge in [-0.1, -0.05) is 53.6 Å². The van der Waals surface area contributed by atoms with Crippen molar-refractivity contribution in [2.45, 2.75) is 32.3 Å². The lowest BCUT2D eigenvalue weighted by molar-refractivity contribution is -0.122. The molecule has 44 heavy (non-hydrogen) atoms. The molecule has 2 saturated heterocycles. The van der Waals surface area contributed by atoms with E-state index in [1.165, 1.54) is 23.1 Å². The number of hydrogen-bond donors (Lipinski definition) is 3. The number of allylic oxidation sites excluding steroid dienone is 1. The molecule has 10 heteroatoms. The van der Waals surface area contributed by atoms with Crippen LogP contribution in [0, 0.1) is 17.8 Å². The Balaban J connectivity index is 1.28. The first-order chi connectivity index (χ1) is 21.2. The smallest absolute Gasteiger partial charge is 0.488 e. The van der Waals surface area contributed by atoms with Gasteiger partial charge in [0.05, 0.1) is 35.3 Å². The third kappa shape index (κ3) is 5.93. The molecule has 3 aromatic rings. The zero-order valence-electron chi connectivity index (χ0n) is 24.2. The summed E-state index contributed by atoms with van der Waals surface area (Å²) in [6.07, 6.45) is 3.53. The van der Waals surface area contributed by atoms with Crippen LogP contribution in [0.2, 0.25) is 5.02 Å². The van der Waals surface area contributed by atoms with Crippen LogP contribution in [0.5, 0.6) is 11.5 Å². The molecule has 0 bridgehead atoms. The van der Waals surface area contributed by atoms with E-state index in [0.29, 0.717) is 42.3 Å². The second-order valence-corrected chi connectivity index (χ2v) is 12.0. The molecular formula is C34H33BClNO7. The van der Waals surface area contributed by atoms with E-state index >= 15 is 0 Å². The van der Waals surface area contributed by atoms with Gasteiger partial charge in [-0.25, -0.2) is 0 Å². The Hall–Kier alpha value is -3.89. The number of carbonyl (C=O) groups excluding carboxylic acids is 2. The lowest BCUT2D eigenvalue weighted by Crippen LogP contribution is -2.36. The van der Waals surface area contributed by atoms with Crippen molar-refractivity contribution in [1.82, 2.24) is 0 Å². The van der Waals surface area contributed by atoms with Crippen molar-refractivity contribution in [3.8, 4) is 11.5 Å². The zero-order chi connectivity index (χ0) is 31.0. The number of halogens is 1. The van der Waals surface area contributed by atoms with E-state index in [0.717, 1.165) is 22.3 Å². The van der Waals surface area contributed by atoms with Gasteiger partial charge in [0.15, 0.2) is 0 Å². The minimum atomic E-state index is -1.72. The summed E-state index contributed by atoms with van der Waals surface area (Å²) in [6.45, 7) is 2.63. The number of phenols is 1. The molecule has 226 valence electrons. The lowest BCUT2D eigenvalue weighted by Gasteiger charge is -2.31. The van der Waals surface area contributed by atoms with Crippen LogP contribution in [-0.4, -0.2) is 53.4 Å². The summed E-state index contributed by atoms with van der Waals surface area (Å²) in [5.41, 5.74) is 4.46. The maximum atomic E-state index is 13.9. The van der Waals surface area contributed by atoms with E-state index < -0.39 is 19.0 Å². The summed E-state index contributed by atoms with van der Waals surface area (Å²) in [4.78, 5) is 28.9. The molecule has 0 spiro atoms. The Morgan fingerprint density at radius 1 is 1.05 bits per heavy atom. The van der Waals surface area contributed by atoms with E-state index in [-0.39, 0.29) is 41.7 Å². The zero-order valence-corrected chi connectivity index (χ0v) is 25.0. The van der Waals surface area contributed by atoms with Crippen LogP contribution < -0.4 is 15.1 Å². The van der Waals surface area contributed by atoms with Crippen LogP contribution in [0.15, 0.2) is 89.5 Å². The second kappa shape index (κ2) is 12.6. The SMILES string of the molecule is C/C(=C\c1ccc(O)cc1Cl)CC[C@H]1OC[C@H]2C1=C(COc1ccccc1)C[C@H]1C(=O)N(c3cccc(B(O)O)c3)C(=O)[C@H]12. The van der Waals surface area contributed by atoms with Crippen molar-refractivity contribution >= 4 is 47.8 Å². The van der Waals surface area contributed by atoms with Gasteiger partial charge in [0.2, 0.25) is 11.8 Å². The van der Waals surface area contributed by atoms with Crippen molar-refractivity contribution in [2.75, 3.05) is 18.1 Å². The maximum absolute atomic E-state index is 13.9. The number of phenolic OH excluding ortho intramolecular Hbond substituents is 1. The third-order valence-electron chi connectivity index (χ3n) is 8.78. The molecule has 2 heterocycles. The van der Waals surface area contributed by atoms with E-state index in [1.807, 2.05) is 43.3 Å². The fourth-order valence-corrected chi connectivity index (χ4v) is 6.93. The number of aromatic hydroxyl groups is 1. The molecule has 3 aromatic carbocycles. The number of hydrogen-bond acceptors (Lipinski definition) is 7. The van der Waals surface area contributed by atoms with Crippen LogP contribution in [0.4, 0.5) is 5.69 Å². The number of rotatable bonds is 9. The monoisotopic (exact) mass is 613 g/mol. The highest BCUT2D eigenvalue weighted by molar-refractivity contribution is 6.58. The number of imide groups is 1. The number of fused-ring (bicyclic) bond motifs is 3. The molecule has 1 aliphatic carbocycles. The first-order valence-corrected chi connectivity index (χ1v) is 15.1. The van der Waals surface area contributed by atoms with E-state index in [1.54, 1.807) is 24.3 Å². The molecule has 6 rings (SSSR count). The number of anilines is 1. The maximum Gasteiger partial charge on any atom is 0.488 e. The minimum Gasteiger partial charge on any atom is -0.508 e. The largest absolute Gasteiger partial charge is 0.508 e. The lowest BCUT2D eigenvalue weighted by atomic mass is 9.69. The Morgan fingerprint density at radius 3 is 2.59 bits per heavy atom. The van der Waals surface area contributed by atoms with Gasteiger partial charge in [-0.15, -0.1) is 0 Å². The van der Waals surface area contributed by atoms with E-state index in [2.05, 4.69) is 0 Å². The van der Waals surface area contributed by atoms with Gasteiger partial charge in [-0.2, -0.15) is 0 Å². The fraction of sp³-hybridized carbons (Fsp3) is 0.294. The summed E-state index contributed by atoms with van der Waals surface area (Å²) in [5, 5.41) is 29.5. The Labute approximate surface area is 261 Å². The predicted octanol–water partition coefficient (Wildman–Crippen LogP) is 4.51. The average Bonchev–Trinajstić information content (AvgIpc) is 3.55. The van der Waals surface area contributed by atoms with Crippen LogP contribution in [0.1, 0.15) is 31.7 Å². The number of amides is 2. The summed E-state index contributed by atoms with van der Waals surface area (Å²) < 4.78 is 12.5. The second-order valence-electron chi connectivity index (χ2n) is 11.6. The number of nitrogens with zero attached hydrogens (tertiary/aromatic N) is 1. The molecule has 2 fully saturated rings. The predicted molar refractivity (Wildman–Crippen MR) is 169 cm³/mol. The first kappa shape index (κ1) is 30.2. The van der Waals surface area contributed by atoms with Crippen molar-refractivity contribution < 1.29 is 34.2 Å². The molecule has 4 atom stereocenters. The topological polar surface area (TPSA) is 117 Å². The van der Waals surface area contributed by atoms with E-state index in [4.69, 9.17) is 21.1 Å². The molecule has 3 N–H and O–H groups in total. The summed E-state index contributed by atoms with van der Waals surface area (Å²) in [7, 11) is -1.72. The minimum absolute atomic E-state index is 0.111. The molecule has 0 aromatic heterocycles. The summed E-state index contributed by atoms with van der Waals surface area (Å²) in [5.74, 6) is -1.16. The van der Waals surface area contributed by atoms with Gasteiger partial charge < -0.3 is 24.6 Å². The Morgan fingerprint density at radius 2 is 1.84 bits per heavy atom. The fourth-order valence-electron chi connectivity index (χ4n) is 6.70. The van der Waals surface area contributed by atoms with E-state index in [9.17, 15) is 24.7 Å². The van der Waals surface area contributed by atoms with Crippen LogP contribution in [0.3, 0.4) is 0 Å². The number of para-hydroxylation sites is 1. The Kier molecular flexibility index (Phi) is 8.65. The Bertz CT molecular complexity index is 1640. The standard InChI is InChI=1S/C34H33BClNO7/c1-20(14-21-11-12-25(38)17-29(21)36)10-13-30-31-22(18-43-26-8-3-2-4-9-26)15-27-32(28(31)19-44-30)34(40)37(33(27)39)24-7-5-6-23(16-24)35(41)42/h2-9,11-12,14,16-17,27-28,30,32,38,41-42H,10,13,15,18-19H2,1H3/b20-14+/t27-,28+,30-,32-/m1/s1. The highest BCUT2D eigenvalue weighted by atomic mass is 35.5. The van der Waals surface area contributed by atoms with Crippen LogP contribution in [0.25, 0.3) is 6.08 Å². The molecule has 2 amide bonds. The molecule has 8 nitrogen and oxygen atoms in total. The summed E-state index contributed by atoms with van der Waals surface area (Å²) >= 11 is 6.31. The van der Waals surface area contributed by atoms with Gasteiger partial charge in [-0.05, 0) is 90.8 Å². The van der Waals surface area contributed by atoms with Crippen molar-refractivity contribution in [3.63, 3.8) is 0 Å². The van der Waals surface area contributed by atoms with Gasteiger partial charge >= 0.3 is 7.12 Å². The number of benzene rings is 3. The molecule has 2 aliphatic heterocycles. The van der Waals surface area contributed by atoms with Gasteiger partial charge in [0, 0.05) is 5.92 Å². The van der Waals surface area contributed by atoms with Crippen molar-refractivity contribution in [3.05, 3.63) is 100 Å². The highest BCUT2D eigenvalue weighted by Gasteiger charge is 2.57. The average molecular weight is 614 g/mol. The normalized spacial score (nSPS) is 23.2. The van der Waals surface area contributed by atoms with Crippen molar-refractivity contribution in [1.29, 1.82) is 0 Å². The van der Waals surface area contributed by atoms with Gasteiger partial charge in [0.25, 0.3) is 0 Å². The third-order valence-corrected chi connectivity index (χ3v) is 9.10. The van der Waals surface area contributed by atoms with Gasteiger partial charge in [-0.3, -0.25) is 14.5 Å². The molecule has 0 saturated carbocycles. The number of carbonyl (C=O) groups is 2. The molecule has 0 radical (unpaired) electrons. The van der Waals surface area contributed by atoms with Crippen LogP contribution in [-0.2, 0) is 14.3 Å². The van der Waals surface area contributed by atoms with Crippen molar-refractivity contribution in [2.24, 2.45) is 17.8 Å². The van der Waals surface area contributed by atoms with Crippen LogP contribution >= 0.6 is 11.6 Å². The quantitative estimate of drug-likeness (QED) is 0.185. The molecular weight excluding hydrogens is 581 g/mol.